The van der Waals surface area contributed by atoms with E-state index in [0.29, 0.717) is 0 Å². The molecule has 3 rings (SSSR count). The van der Waals surface area contributed by atoms with Crippen LogP contribution in [0.25, 0.3) is 0 Å². The van der Waals surface area contributed by atoms with E-state index in [1.807, 2.05) is 0 Å². The molecular formula is C19H19Cl2FN2O5S. The lowest BCUT2D eigenvalue weighted by Crippen LogP contribution is -2.41. The maximum absolute atomic E-state index is 14.3. The summed E-state index contributed by atoms with van der Waals surface area (Å²) in [5.74, 6) is -1.26. The van der Waals surface area contributed by atoms with E-state index in [9.17, 15) is 17.6 Å². The first kappa shape index (κ1) is 22.8. The van der Waals surface area contributed by atoms with Crippen LogP contribution >= 0.6 is 23.2 Å². The molecule has 0 aliphatic carbocycles. The molecule has 1 aliphatic heterocycles. The Morgan fingerprint density at radius 3 is 2.63 bits per heavy atom. The molecule has 0 saturated carbocycles. The van der Waals surface area contributed by atoms with Crippen molar-refractivity contribution in [3.8, 4) is 5.75 Å². The van der Waals surface area contributed by atoms with Crippen LogP contribution in [0.15, 0.2) is 41.3 Å². The molecule has 2 aromatic carbocycles. The highest BCUT2D eigenvalue weighted by atomic mass is 35.5. The molecule has 7 nitrogen and oxygen atoms in total. The summed E-state index contributed by atoms with van der Waals surface area (Å²) in [5.41, 5.74) is 0.112. The summed E-state index contributed by atoms with van der Waals surface area (Å²) in [6.07, 6.45) is -0.981. The van der Waals surface area contributed by atoms with Gasteiger partial charge in [-0.3, -0.25) is 4.79 Å². The number of hydrogen-bond donors (Lipinski definition) is 1. The maximum Gasteiger partial charge on any atom is 0.265 e. The number of benzene rings is 2. The number of nitrogens with one attached hydrogen (secondary N) is 1. The molecule has 1 unspecified atom stereocenters. The van der Waals surface area contributed by atoms with Gasteiger partial charge in [-0.1, -0.05) is 29.3 Å². The number of ether oxygens (including phenoxy) is 2. The van der Waals surface area contributed by atoms with E-state index in [2.05, 4.69) is 5.32 Å². The summed E-state index contributed by atoms with van der Waals surface area (Å²) >= 11 is 12.0. The van der Waals surface area contributed by atoms with Crippen molar-refractivity contribution in [3.05, 3.63) is 52.3 Å². The number of rotatable bonds is 6. The van der Waals surface area contributed by atoms with Gasteiger partial charge in [-0.25, -0.2) is 12.8 Å². The van der Waals surface area contributed by atoms with Gasteiger partial charge in [0, 0.05) is 18.8 Å². The third-order valence-corrected chi connectivity index (χ3v) is 7.09. The van der Waals surface area contributed by atoms with E-state index in [1.165, 1.54) is 13.0 Å². The van der Waals surface area contributed by atoms with Gasteiger partial charge < -0.3 is 14.8 Å². The minimum absolute atomic E-state index is 0.112. The summed E-state index contributed by atoms with van der Waals surface area (Å²) < 4.78 is 51.6. The monoisotopic (exact) mass is 476 g/mol. The Morgan fingerprint density at radius 1 is 1.23 bits per heavy atom. The zero-order chi connectivity index (χ0) is 21.9. The van der Waals surface area contributed by atoms with Crippen LogP contribution in [-0.2, 0) is 19.6 Å². The highest BCUT2D eigenvalue weighted by Gasteiger charge is 2.29. The lowest BCUT2D eigenvalue weighted by atomic mass is 10.3. The zero-order valence-electron chi connectivity index (χ0n) is 15.9. The Balaban J connectivity index is 1.76. The Labute approximate surface area is 183 Å². The highest BCUT2D eigenvalue weighted by molar-refractivity contribution is 7.89. The van der Waals surface area contributed by atoms with Crippen molar-refractivity contribution in [2.24, 2.45) is 0 Å². The predicted octanol–water partition coefficient (Wildman–Crippen LogP) is 3.56. The van der Waals surface area contributed by atoms with Crippen LogP contribution in [0.3, 0.4) is 0 Å². The van der Waals surface area contributed by atoms with Crippen LogP contribution < -0.4 is 10.1 Å². The van der Waals surface area contributed by atoms with Crippen LogP contribution in [0.4, 0.5) is 10.1 Å². The van der Waals surface area contributed by atoms with Crippen molar-refractivity contribution in [3.63, 3.8) is 0 Å². The molecule has 0 aromatic heterocycles. The van der Waals surface area contributed by atoms with Gasteiger partial charge in [0.15, 0.2) is 6.10 Å². The molecule has 1 N–H and O–H groups in total. The van der Waals surface area contributed by atoms with Crippen LogP contribution in [0.5, 0.6) is 5.75 Å². The molecule has 1 amide bonds. The summed E-state index contributed by atoms with van der Waals surface area (Å²) in [7, 11) is -4.07. The Kier molecular flexibility index (Phi) is 7.20. The van der Waals surface area contributed by atoms with Gasteiger partial charge in [-0.2, -0.15) is 4.31 Å². The van der Waals surface area contributed by atoms with Crippen molar-refractivity contribution in [1.29, 1.82) is 0 Å². The molecule has 162 valence electrons. The van der Waals surface area contributed by atoms with Crippen LogP contribution in [-0.4, -0.2) is 51.0 Å². The fourth-order valence-electron chi connectivity index (χ4n) is 2.77. The number of sulfonamides is 1. The number of nitrogens with zero attached hydrogens (tertiary/aromatic N) is 1. The van der Waals surface area contributed by atoms with Crippen LogP contribution in [0.2, 0.25) is 10.0 Å². The van der Waals surface area contributed by atoms with E-state index >= 15 is 0 Å². The SMILES string of the molecule is CC(Oc1cccc(Cl)c1Cl)C(=O)Nc1ccc(F)c(S(=O)(=O)N2CCOCC2)c1. The molecule has 1 heterocycles. The van der Waals surface area contributed by atoms with E-state index < -0.39 is 32.7 Å². The number of morpholine rings is 1. The fourth-order valence-corrected chi connectivity index (χ4v) is 4.60. The Hall–Kier alpha value is -1.91. The van der Waals surface area contributed by atoms with Crippen LogP contribution in [0, 0.1) is 5.82 Å². The van der Waals surface area contributed by atoms with Gasteiger partial charge >= 0.3 is 0 Å². The summed E-state index contributed by atoms with van der Waals surface area (Å²) in [6.45, 7) is 2.21. The third-order valence-electron chi connectivity index (χ3n) is 4.38. The molecule has 30 heavy (non-hydrogen) atoms. The topological polar surface area (TPSA) is 84.9 Å². The first-order valence-corrected chi connectivity index (χ1v) is 11.2. The first-order valence-electron chi connectivity index (χ1n) is 8.99. The van der Waals surface area contributed by atoms with Gasteiger partial charge in [0.25, 0.3) is 5.91 Å². The van der Waals surface area contributed by atoms with Gasteiger partial charge in [-0.15, -0.1) is 0 Å². The molecule has 2 aromatic rings. The largest absolute Gasteiger partial charge is 0.479 e. The van der Waals surface area contributed by atoms with Crippen molar-refractivity contribution >= 4 is 44.8 Å². The molecular weight excluding hydrogens is 458 g/mol. The molecule has 11 heteroatoms. The van der Waals surface area contributed by atoms with Crippen molar-refractivity contribution in [2.75, 3.05) is 31.6 Å². The number of amides is 1. The second-order valence-electron chi connectivity index (χ2n) is 6.46. The normalized spacial score (nSPS) is 16.1. The van der Waals surface area contributed by atoms with Crippen molar-refractivity contribution < 1.29 is 27.1 Å². The second-order valence-corrected chi connectivity index (χ2v) is 9.15. The fraction of sp³-hybridized carbons (Fsp3) is 0.316. The van der Waals surface area contributed by atoms with E-state index in [-0.39, 0.29) is 47.8 Å². The zero-order valence-corrected chi connectivity index (χ0v) is 18.2. The predicted molar refractivity (Wildman–Crippen MR) is 111 cm³/mol. The van der Waals surface area contributed by atoms with Gasteiger partial charge in [0.2, 0.25) is 10.0 Å². The smallest absolute Gasteiger partial charge is 0.265 e. The number of halogens is 3. The Bertz CT molecular complexity index is 1050. The van der Waals surface area contributed by atoms with E-state index in [4.69, 9.17) is 32.7 Å². The highest BCUT2D eigenvalue weighted by Crippen LogP contribution is 2.32. The minimum atomic E-state index is -4.07. The summed E-state index contributed by atoms with van der Waals surface area (Å²) in [4.78, 5) is 12.0. The van der Waals surface area contributed by atoms with Gasteiger partial charge in [0.05, 0.1) is 18.2 Å². The lowest BCUT2D eigenvalue weighted by molar-refractivity contribution is -0.122. The average molecular weight is 477 g/mol. The first-order chi connectivity index (χ1) is 14.2. The number of anilines is 1. The minimum Gasteiger partial charge on any atom is -0.479 e. The maximum atomic E-state index is 14.3. The number of carbonyl (C=O) groups excluding carboxylic acids is 1. The quantitative estimate of drug-likeness (QED) is 0.688. The van der Waals surface area contributed by atoms with Crippen molar-refractivity contribution in [2.45, 2.75) is 17.9 Å². The molecule has 1 fully saturated rings. The molecule has 0 radical (unpaired) electrons. The summed E-state index contributed by atoms with van der Waals surface area (Å²) in [6, 6.07) is 8.10. The molecule has 0 spiro atoms. The van der Waals surface area contributed by atoms with E-state index in [0.717, 1.165) is 16.4 Å². The molecule has 1 aliphatic rings. The molecule has 0 bridgehead atoms. The van der Waals surface area contributed by atoms with Gasteiger partial charge in [-0.05, 0) is 37.3 Å². The second kappa shape index (κ2) is 9.49. The molecule has 1 saturated heterocycles. The average Bonchev–Trinajstić information content (AvgIpc) is 2.73. The van der Waals surface area contributed by atoms with Crippen molar-refractivity contribution in [1.82, 2.24) is 4.31 Å². The third kappa shape index (κ3) is 5.04. The van der Waals surface area contributed by atoms with Crippen LogP contribution in [0.1, 0.15) is 6.92 Å². The number of hydrogen-bond acceptors (Lipinski definition) is 5. The number of carbonyl (C=O) groups is 1. The lowest BCUT2D eigenvalue weighted by Gasteiger charge is -2.26. The summed E-state index contributed by atoms with van der Waals surface area (Å²) in [5, 5.41) is 2.97. The van der Waals surface area contributed by atoms with Gasteiger partial charge in [0.1, 0.15) is 21.5 Å². The molecule has 1 atom stereocenters. The Morgan fingerprint density at radius 2 is 1.93 bits per heavy atom. The van der Waals surface area contributed by atoms with E-state index in [1.54, 1.807) is 18.2 Å². The standard InChI is InChI=1S/C19H19Cl2FN2O5S/c1-12(29-16-4-2-3-14(20)18(16)21)19(25)23-13-5-6-15(22)17(11-13)30(26,27)24-7-9-28-10-8-24/h2-6,11-12H,7-10H2,1H3,(H,23,25).